The molecule has 0 aromatic carbocycles. The summed E-state index contributed by atoms with van der Waals surface area (Å²) in [7, 11) is 3.62. The van der Waals surface area contributed by atoms with Crippen LogP contribution in [0.25, 0.3) is 0 Å². The van der Waals surface area contributed by atoms with E-state index in [0.717, 1.165) is 5.56 Å². The zero-order chi connectivity index (χ0) is 15.5. The second-order valence-corrected chi connectivity index (χ2v) is 6.70. The molecule has 0 radical (unpaired) electrons. The monoisotopic (exact) mass is 306 g/mol. The molecule has 0 spiro atoms. The molecule has 0 bridgehead atoms. The summed E-state index contributed by atoms with van der Waals surface area (Å²) in [5.41, 5.74) is 0.795. The quantitative estimate of drug-likeness (QED) is 0.856. The third kappa shape index (κ3) is 3.71. The normalized spacial score (nSPS) is 13.1. The molecule has 1 amide bonds. The standard InChI is InChI=1S/C15H22N4OS/c1-15(2,12-6-5-7-21-12)10-17-14(20)13(16-3)11-8-18-19(4)9-11/h5-9,13,16H,10H2,1-4H3,(H,17,20). The van der Waals surface area contributed by atoms with Crippen LogP contribution >= 0.6 is 11.3 Å². The van der Waals surface area contributed by atoms with Crippen molar-refractivity contribution in [3.05, 3.63) is 40.3 Å². The lowest BCUT2D eigenvalue weighted by Gasteiger charge is -2.25. The third-order valence-corrected chi connectivity index (χ3v) is 4.74. The first-order valence-electron chi connectivity index (χ1n) is 6.91. The SMILES string of the molecule is CNC(C(=O)NCC(C)(C)c1cccs1)c1cnn(C)c1. The fraction of sp³-hybridized carbons (Fsp3) is 0.467. The molecule has 0 aliphatic heterocycles. The second kappa shape index (κ2) is 6.41. The van der Waals surface area contributed by atoms with Gasteiger partial charge in [0.25, 0.3) is 0 Å². The number of hydrogen-bond donors (Lipinski definition) is 2. The summed E-state index contributed by atoms with van der Waals surface area (Å²) in [6.45, 7) is 4.87. The van der Waals surface area contributed by atoms with E-state index in [1.807, 2.05) is 19.3 Å². The lowest BCUT2D eigenvalue weighted by atomic mass is 9.91. The number of amides is 1. The van der Waals surface area contributed by atoms with E-state index in [1.54, 1.807) is 29.3 Å². The van der Waals surface area contributed by atoms with Crippen molar-refractivity contribution in [3.63, 3.8) is 0 Å². The maximum atomic E-state index is 12.4. The summed E-state index contributed by atoms with van der Waals surface area (Å²) >= 11 is 1.72. The van der Waals surface area contributed by atoms with E-state index >= 15 is 0 Å². The Morgan fingerprint density at radius 2 is 2.29 bits per heavy atom. The molecule has 2 rings (SSSR count). The van der Waals surface area contributed by atoms with E-state index in [9.17, 15) is 4.79 Å². The highest BCUT2D eigenvalue weighted by molar-refractivity contribution is 7.10. The van der Waals surface area contributed by atoms with Gasteiger partial charge in [-0.15, -0.1) is 11.3 Å². The van der Waals surface area contributed by atoms with Crippen LogP contribution < -0.4 is 10.6 Å². The first-order valence-corrected chi connectivity index (χ1v) is 7.79. The number of likely N-dealkylation sites (N-methyl/N-ethyl adjacent to an activating group) is 1. The Kier molecular flexibility index (Phi) is 4.80. The zero-order valence-electron chi connectivity index (χ0n) is 12.9. The number of hydrogen-bond acceptors (Lipinski definition) is 4. The molecule has 0 fully saturated rings. The number of rotatable bonds is 6. The molecule has 1 atom stereocenters. The minimum atomic E-state index is -0.377. The van der Waals surface area contributed by atoms with Gasteiger partial charge in [-0.25, -0.2) is 0 Å². The van der Waals surface area contributed by atoms with Crippen LogP contribution in [0.4, 0.5) is 0 Å². The van der Waals surface area contributed by atoms with E-state index in [0.29, 0.717) is 6.54 Å². The topological polar surface area (TPSA) is 59.0 Å². The van der Waals surface area contributed by atoms with E-state index in [4.69, 9.17) is 0 Å². The van der Waals surface area contributed by atoms with Gasteiger partial charge in [-0.05, 0) is 18.5 Å². The van der Waals surface area contributed by atoms with Gasteiger partial charge in [0.1, 0.15) is 6.04 Å². The molecule has 5 nitrogen and oxygen atoms in total. The first-order chi connectivity index (χ1) is 9.94. The van der Waals surface area contributed by atoms with Gasteiger partial charge < -0.3 is 10.6 Å². The van der Waals surface area contributed by atoms with Gasteiger partial charge >= 0.3 is 0 Å². The van der Waals surface area contributed by atoms with Crippen LogP contribution in [0.1, 0.15) is 30.3 Å². The van der Waals surface area contributed by atoms with Crippen LogP contribution in [0, 0.1) is 0 Å². The number of aryl methyl sites for hydroxylation is 1. The predicted molar refractivity (Wildman–Crippen MR) is 85.4 cm³/mol. The average molecular weight is 306 g/mol. The number of nitrogens with zero attached hydrogens (tertiary/aromatic N) is 2. The van der Waals surface area contributed by atoms with Gasteiger partial charge in [-0.1, -0.05) is 19.9 Å². The number of carbonyl (C=O) groups is 1. The molecule has 1 unspecified atom stereocenters. The Morgan fingerprint density at radius 3 is 2.81 bits per heavy atom. The van der Waals surface area contributed by atoms with E-state index in [2.05, 4.69) is 41.0 Å². The van der Waals surface area contributed by atoms with Gasteiger partial charge in [-0.3, -0.25) is 9.48 Å². The Morgan fingerprint density at radius 1 is 1.52 bits per heavy atom. The summed E-state index contributed by atoms with van der Waals surface area (Å²) in [4.78, 5) is 13.7. The summed E-state index contributed by atoms with van der Waals surface area (Å²) in [5.74, 6) is -0.0323. The summed E-state index contributed by atoms with van der Waals surface area (Å²) in [6, 6.07) is 3.76. The highest BCUT2D eigenvalue weighted by Gasteiger charge is 2.25. The van der Waals surface area contributed by atoms with Crippen LogP contribution in [0.15, 0.2) is 29.9 Å². The maximum Gasteiger partial charge on any atom is 0.241 e. The molecule has 2 aromatic rings. The molecule has 6 heteroatoms. The first kappa shape index (κ1) is 15.7. The molecular weight excluding hydrogens is 284 g/mol. The fourth-order valence-corrected chi connectivity index (χ4v) is 3.05. The van der Waals surface area contributed by atoms with Gasteiger partial charge in [0.2, 0.25) is 5.91 Å². The third-order valence-electron chi connectivity index (χ3n) is 3.50. The number of carbonyl (C=O) groups excluding carboxylic acids is 1. The van der Waals surface area contributed by atoms with Crippen molar-refractivity contribution in [2.24, 2.45) is 7.05 Å². The Labute approximate surface area is 129 Å². The Hall–Kier alpha value is -1.66. The van der Waals surface area contributed by atoms with E-state index in [-0.39, 0.29) is 17.4 Å². The smallest absolute Gasteiger partial charge is 0.241 e. The summed E-state index contributed by atoms with van der Waals surface area (Å²) in [5, 5.41) is 12.3. The van der Waals surface area contributed by atoms with Crippen molar-refractivity contribution in [2.45, 2.75) is 25.3 Å². The molecule has 114 valence electrons. The molecule has 2 aromatic heterocycles. The van der Waals surface area contributed by atoms with Gasteiger partial charge in [-0.2, -0.15) is 5.10 Å². The second-order valence-electron chi connectivity index (χ2n) is 5.75. The molecule has 21 heavy (non-hydrogen) atoms. The summed E-state index contributed by atoms with van der Waals surface area (Å²) in [6.07, 6.45) is 3.57. The number of thiophene rings is 1. The number of aromatic nitrogens is 2. The molecule has 0 saturated heterocycles. The van der Waals surface area contributed by atoms with Gasteiger partial charge in [0.05, 0.1) is 6.20 Å². The summed E-state index contributed by atoms with van der Waals surface area (Å²) < 4.78 is 1.70. The Balaban J connectivity index is 2.00. The van der Waals surface area contributed by atoms with Crippen LogP contribution in [0.5, 0.6) is 0 Å². The van der Waals surface area contributed by atoms with Crippen molar-refractivity contribution >= 4 is 17.2 Å². The van der Waals surface area contributed by atoms with Crippen LogP contribution in [0.3, 0.4) is 0 Å². The van der Waals surface area contributed by atoms with Crippen molar-refractivity contribution in [1.29, 1.82) is 0 Å². The van der Waals surface area contributed by atoms with Crippen LogP contribution in [0.2, 0.25) is 0 Å². The van der Waals surface area contributed by atoms with Crippen LogP contribution in [-0.2, 0) is 17.3 Å². The highest BCUT2D eigenvalue weighted by Crippen LogP contribution is 2.26. The predicted octanol–water partition coefficient (Wildman–Crippen LogP) is 1.84. The molecule has 0 aliphatic carbocycles. The van der Waals surface area contributed by atoms with Crippen LogP contribution in [-0.4, -0.2) is 29.3 Å². The lowest BCUT2D eigenvalue weighted by molar-refractivity contribution is -0.123. The highest BCUT2D eigenvalue weighted by atomic mass is 32.1. The fourth-order valence-electron chi connectivity index (χ4n) is 2.20. The minimum Gasteiger partial charge on any atom is -0.354 e. The van der Waals surface area contributed by atoms with E-state index in [1.165, 1.54) is 4.88 Å². The molecule has 0 saturated carbocycles. The molecular formula is C15H22N4OS. The Bertz CT molecular complexity index is 589. The zero-order valence-corrected chi connectivity index (χ0v) is 13.7. The van der Waals surface area contributed by atoms with Crippen molar-refractivity contribution in [3.8, 4) is 0 Å². The van der Waals surface area contributed by atoms with Crippen molar-refractivity contribution in [1.82, 2.24) is 20.4 Å². The van der Waals surface area contributed by atoms with Crippen molar-refractivity contribution in [2.75, 3.05) is 13.6 Å². The lowest BCUT2D eigenvalue weighted by Crippen LogP contribution is -2.41. The minimum absolute atomic E-state index is 0.0323. The van der Waals surface area contributed by atoms with Gasteiger partial charge in [0, 0.05) is 35.6 Å². The van der Waals surface area contributed by atoms with Gasteiger partial charge in [0.15, 0.2) is 0 Å². The molecule has 0 aliphatic rings. The maximum absolute atomic E-state index is 12.4. The largest absolute Gasteiger partial charge is 0.354 e. The molecule has 2 N–H and O–H groups in total. The molecule has 2 heterocycles. The van der Waals surface area contributed by atoms with E-state index < -0.39 is 0 Å². The average Bonchev–Trinajstić information content (AvgIpc) is 3.09. The van der Waals surface area contributed by atoms with Crippen molar-refractivity contribution < 1.29 is 4.79 Å². The number of nitrogens with one attached hydrogen (secondary N) is 2.